The van der Waals surface area contributed by atoms with E-state index in [2.05, 4.69) is 5.32 Å². The Hall–Kier alpha value is -3.35. The molecule has 1 N–H and O–H groups in total. The first-order valence-electron chi connectivity index (χ1n) is 8.07. The van der Waals surface area contributed by atoms with Gasteiger partial charge in [-0.1, -0.05) is 0 Å². The summed E-state index contributed by atoms with van der Waals surface area (Å²) in [7, 11) is 7.68. The molecular weight excluding hydrogens is 350 g/mol. The normalized spacial score (nSPS) is 10.4. The molecule has 0 aliphatic carbocycles. The van der Waals surface area contributed by atoms with Gasteiger partial charge in [-0.3, -0.25) is 4.79 Å². The number of carbonyl (C=O) groups is 1. The van der Waals surface area contributed by atoms with Crippen molar-refractivity contribution >= 4 is 11.5 Å². The largest absolute Gasteiger partial charge is 0.493 e. The van der Waals surface area contributed by atoms with Crippen LogP contribution in [-0.4, -0.2) is 41.3 Å². The van der Waals surface area contributed by atoms with Crippen LogP contribution in [0.25, 0.3) is 0 Å². The Balaban J connectivity index is 2.16. The highest BCUT2D eigenvalue weighted by Gasteiger charge is 2.13. The first kappa shape index (κ1) is 20.0. The lowest BCUT2D eigenvalue weighted by molar-refractivity contribution is 0.104. The number of methoxy groups -OCH3 is 5. The molecule has 0 saturated heterocycles. The summed E-state index contributed by atoms with van der Waals surface area (Å²) in [6.07, 6.45) is 2.96. The van der Waals surface area contributed by atoms with Gasteiger partial charge in [-0.2, -0.15) is 0 Å². The minimum Gasteiger partial charge on any atom is -0.493 e. The second-order valence-corrected chi connectivity index (χ2v) is 5.33. The molecule has 0 fully saturated rings. The lowest BCUT2D eigenvalue weighted by Gasteiger charge is -2.13. The Bertz CT molecular complexity index is 806. The monoisotopic (exact) mass is 373 g/mol. The molecule has 2 aromatic carbocycles. The van der Waals surface area contributed by atoms with Crippen LogP contribution in [0, 0.1) is 0 Å². The van der Waals surface area contributed by atoms with Gasteiger partial charge in [0.2, 0.25) is 5.75 Å². The lowest BCUT2D eigenvalue weighted by atomic mass is 10.1. The Morgan fingerprint density at radius 1 is 0.778 bits per heavy atom. The van der Waals surface area contributed by atoms with Gasteiger partial charge in [-0.05, 0) is 18.2 Å². The molecule has 0 heterocycles. The van der Waals surface area contributed by atoms with Gasteiger partial charge in [-0.25, -0.2) is 0 Å². The van der Waals surface area contributed by atoms with Crippen molar-refractivity contribution in [1.82, 2.24) is 0 Å². The molecule has 7 heteroatoms. The van der Waals surface area contributed by atoms with Gasteiger partial charge in [0.15, 0.2) is 28.8 Å². The molecular formula is C20H23NO6. The third kappa shape index (κ3) is 4.63. The summed E-state index contributed by atoms with van der Waals surface area (Å²) in [5.74, 6) is 2.40. The van der Waals surface area contributed by atoms with Gasteiger partial charge in [0, 0.05) is 35.7 Å². The van der Waals surface area contributed by atoms with Crippen LogP contribution in [-0.2, 0) is 0 Å². The number of ketones is 1. The van der Waals surface area contributed by atoms with E-state index in [0.29, 0.717) is 40.0 Å². The summed E-state index contributed by atoms with van der Waals surface area (Å²) in [6, 6.07) is 8.48. The van der Waals surface area contributed by atoms with E-state index in [1.807, 2.05) is 0 Å². The smallest absolute Gasteiger partial charge is 0.203 e. The first-order valence-corrected chi connectivity index (χ1v) is 8.07. The molecule has 0 unspecified atom stereocenters. The van der Waals surface area contributed by atoms with Crippen LogP contribution in [0.4, 0.5) is 5.69 Å². The fourth-order valence-corrected chi connectivity index (χ4v) is 2.46. The molecule has 144 valence electrons. The van der Waals surface area contributed by atoms with Crippen molar-refractivity contribution in [3.8, 4) is 28.7 Å². The molecule has 2 rings (SSSR count). The molecule has 0 amide bonds. The molecule has 2 aromatic rings. The standard InChI is InChI=1S/C20H23NO6/c1-23-16-7-6-13(10-17(16)24-2)15(22)8-9-21-14-11-18(25-3)20(27-5)19(12-14)26-4/h6-12,21H,1-5H3/b9-8+. The number of benzene rings is 2. The van der Waals surface area contributed by atoms with Crippen LogP contribution in [0.5, 0.6) is 28.7 Å². The maximum absolute atomic E-state index is 12.4. The SMILES string of the molecule is COc1ccc(C(=O)/C=C/Nc2cc(OC)c(OC)c(OC)c2)cc1OC. The summed E-state index contributed by atoms with van der Waals surface area (Å²) in [6.45, 7) is 0. The molecule has 0 aliphatic heterocycles. The highest BCUT2D eigenvalue weighted by Crippen LogP contribution is 2.39. The van der Waals surface area contributed by atoms with Crippen molar-refractivity contribution in [2.75, 3.05) is 40.9 Å². The number of carbonyl (C=O) groups excluding carboxylic acids is 1. The zero-order valence-corrected chi connectivity index (χ0v) is 16.0. The topological polar surface area (TPSA) is 75.3 Å². The van der Waals surface area contributed by atoms with Gasteiger partial charge in [0.05, 0.1) is 35.5 Å². The Labute approximate surface area is 158 Å². The third-order valence-corrected chi connectivity index (χ3v) is 3.82. The average molecular weight is 373 g/mol. The van der Waals surface area contributed by atoms with Crippen LogP contribution in [0.1, 0.15) is 10.4 Å². The van der Waals surface area contributed by atoms with Gasteiger partial charge < -0.3 is 29.0 Å². The van der Waals surface area contributed by atoms with Gasteiger partial charge in [0.1, 0.15) is 0 Å². The van der Waals surface area contributed by atoms with Gasteiger partial charge >= 0.3 is 0 Å². The summed E-state index contributed by atoms with van der Waals surface area (Å²) in [5.41, 5.74) is 1.16. The van der Waals surface area contributed by atoms with Crippen molar-refractivity contribution in [1.29, 1.82) is 0 Å². The number of anilines is 1. The number of ether oxygens (including phenoxy) is 5. The predicted molar refractivity (Wildman–Crippen MR) is 103 cm³/mol. The van der Waals surface area contributed by atoms with Crippen LogP contribution in [0.3, 0.4) is 0 Å². The molecule has 0 aromatic heterocycles. The van der Waals surface area contributed by atoms with E-state index in [1.165, 1.54) is 34.5 Å². The minimum absolute atomic E-state index is 0.184. The molecule has 0 radical (unpaired) electrons. The van der Waals surface area contributed by atoms with E-state index in [0.717, 1.165) is 0 Å². The zero-order chi connectivity index (χ0) is 19.8. The number of hydrogen-bond donors (Lipinski definition) is 1. The Kier molecular flexibility index (Phi) is 6.93. The number of rotatable bonds is 9. The van der Waals surface area contributed by atoms with E-state index < -0.39 is 0 Å². The average Bonchev–Trinajstić information content (AvgIpc) is 2.72. The molecule has 0 spiro atoms. The van der Waals surface area contributed by atoms with Crippen LogP contribution in [0.2, 0.25) is 0 Å². The lowest BCUT2D eigenvalue weighted by Crippen LogP contribution is -2.00. The summed E-state index contributed by atoms with van der Waals surface area (Å²) >= 11 is 0. The van der Waals surface area contributed by atoms with E-state index in [9.17, 15) is 4.79 Å². The van der Waals surface area contributed by atoms with Crippen LogP contribution in [0.15, 0.2) is 42.6 Å². The van der Waals surface area contributed by atoms with E-state index in [1.54, 1.807) is 43.6 Å². The quantitative estimate of drug-likeness (QED) is 0.532. The van der Waals surface area contributed by atoms with Crippen molar-refractivity contribution in [2.24, 2.45) is 0 Å². The Morgan fingerprint density at radius 2 is 1.37 bits per heavy atom. The van der Waals surface area contributed by atoms with E-state index in [-0.39, 0.29) is 5.78 Å². The van der Waals surface area contributed by atoms with E-state index >= 15 is 0 Å². The Morgan fingerprint density at radius 3 is 1.89 bits per heavy atom. The maximum atomic E-state index is 12.4. The summed E-state index contributed by atoms with van der Waals surface area (Å²) in [4.78, 5) is 12.4. The second-order valence-electron chi connectivity index (χ2n) is 5.33. The molecule has 0 bridgehead atoms. The molecule has 0 saturated carbocycles. The highest BCUT2D eigenvalue weighted by molar-refractivity contribution is 6.05. The minimum atomic E-state index is -0.184. The van der Waals surface area contributed by atoms with Crippen molar-refractivity contribution in [2.45, 2.75) is 0 Å². The molecule has 0 atom stereocenters. The summed E-state index contributed by atoms with van der Waals surface area (Å²) < 4.78 is 26.3. The molecule has 7 nitrogen and oxygen atoms in total. The van der Waals surface area contributed by atoms with Crippen molar-refractivity contribution in [3.05, 3.63) is 48.2 Å². The second kappa shape index (κ2) is 9.38. The zero-order valence-electron chi connectivity index (χ0n) is 16.0. The highest BCUT2D eigenvalue weighted by atomic mass is 16.5. The number of allylic oxidation sites excluding steroid dienone is 1. The summed E-state index contributed by atoms with van der Waals surface area (Å²) in [5, 5.41) is 3.02. The maximum Gasteiger partial charge on any atom is 0.203 e. The predicted octanol–water partition coefficient (Wildman–Crippen LogP) is 3.54. The molecule has 0 aliphatic rings. The van der Waals surface area contributed by atoms with Crippen molar-refractivity contribution < 1.29 is 28.5 Å². The first-order chi connectivity index (χ1) is 13.1. The fraction of sp³-hybridized carbons (Fsp3) is 0.250. The van der Waals surface area contributed by atoms with Gasteiger partial charge in [0.25, 0.3) is 0 Å². The van der Waals surface area contributed by atoms with Gasteiger partial charge in [-0.15, -0.1) is 0 Å². The number of nitrogens with one attached hydrogen (secondary N) is 1. The van der Waals surface area contributed by atoms with Crippen molar-refractivity contribution in [3.63, 3.8) is 0 Å². The van der Waals surface area contributed by atoms with Crippen LogP contribution >= 0.6 is 0 Å². The van der Waals surface area contributed by atoms with Crippen LogP contribution < -0.4 is 29.0 Å². The van der Waals surface area contributed by atoms with E-state index in [4.69, 9.17) is 23.7 Å². The molecule has 27 heavy (non-hydrogen) atoms. The third-order valence-electron chi connectivity index (χ3n) is 3.82. The number of hydrogen-bond acceptors (Lipinski definition) is 7. The fourth-order valence-electron chi connectivity index (χ4n) is 2.46.